The number of phenolic OH excluding ortho intramolecular Hbond substituents is 1. The Hall–Kier alpha value is -2.33. The van der Waals surface area contributed by atoms with Crippen LogP contribution in [-0.2, 0) is 17.9 Å². The molecule has 0 saturated carbocycles. The molecule has 1 amide bonds. The van der Waals surface area contributed by atoms with Crippen molar-refractivity contribution in [2.75, 3.05) is 6.54 Å². The molecule has 2 aromatic rings. The topological polar surface area (TPSA) is 61.4 Å². The fourth-order valence-electron chi connectivity index (χ4n) is 1.94. The van der Waals surface area contributed by atoms with Gasteiger partial charge in [0.25, 0.3) is 0 Å². The molecule has 0 spiro atoms. The minimum absolute atomic E-state index is 0.0639. The zero-order chi connectivity index (χ0) is 15.1. The van der Waals surface area contributed by atoms with Crippen molar-refractivity contribution in [3.8, 4) is 5.75 Å². The van der Waals surface area contributed by atoms with E-state index in [0.29, 0.717) is 13.1 Å². The van der Waals surface area contributed by atoms with E-state index < -0.39 is 0 Å². The summed E-state index contributed by atoms with van der Waals surface area (Å²) in [6.07, 6.45) is 0. The van der Waals surface area contributed by atoms with Crippen LogP contribution in [0.4, 0.5) is 0 Å². The predicted octanol–water partition coefficient (Wildman–Crippen LogP) is 2.11. The molecule has 2 aromatic carbocycles. The monoisotopic (exact) mass is 284 g/mol. The van der Waals surface area contributed by atoms with E-state index in [-0.39, 0.29) is 18.2 Å². The number of carbonyl (C=O) groups excluding carboxylic acids is 1. The number of rotatable bonds is 6. The molecule has 0 radical (unpaired) electrons. The smallest absolute Gasteiger partial charge is 0.234 e. The number of benzene rings is 2. The van der Waals surface area contributed by atoms with Crippen molar-refractivity contribution in [1.29, 1.82) is 0 Å². The lowest BCUT2D eigenvalue weighted by molar-refractivity contribution is -0.120. The van der Waals surface area contributed by atoms with Crippen LogP contribution >= 0.6 is 0 Å². The van der Waals surface area contributed by atoms with Gasteiger partial charge in [0.1, 0.15) is 5.75 Å². The molecule has 0 atom stereocenters. The number of aryl methyl sites for hydroxylation is 1. The van der Waals surface area contributed by atoms with Gasteiger partial charge in [0.05, 0.1) is 6.54 Å². The van der Waals surface area contributed by atoms with Crippen LogP contribution in [0.3, 0.4) is 0 Å². The van der Waals surface area contributed by atoms with Crippen LogP contribution in [0.1, 0.15) is 16.7 Å². The molecule has 4 nitrogen and oxygen atoms in total. The highest BCUT2D eigenvalue weighted by Gasteiger charge is 2.03. The third-order valence-electron chi connectivity index (χ3n) is 3.20. The number of amides is 1. The Morgan fingerprint density at radius 2 is 1.76 bits per heavy atom. The first kappa shape index (κ1) is 15.1. The number of hydrogen-bond donors (Lipinski definition) is 3. The number of phenols is 1. The van der Waals surface area contributed by atoms with E-state index in [2.05, 4.69) is 10.6 Å². The van der Waals surface area contributed by atoms with E-state index in [9.17, 15) is 9.90 Å². The summed E-state index contributed by atoms with van der Waals surface area (Å²) in [6.45, 7) is 3.24. The average molecular weight is 284 g/mol. The molecule has 0 fully saturated rings. The van der Waals surface area contributed by atoms with E-state index in [4.69, 9.17) is 0 Å². The molecule has 0 aliphatic carbocycles. The lowest BCUT2D eigenvalue weighted by Gasteiger charge is -2.08. The van der Waals surface area contributed by atoms with Gasteiger partial charge in [-0.2, -0.15) is 0 Å². The summed E-state index contributed by atoms with van der Waals surface area (Å²) in [4.78, 5) is 11.7. The summed E-state index contributed by atoms with van der Waals surface area (Å²) >= 11 is 0. The third-order valence-corrected chi connectivity index (χ3v) is 3.20. The lowest BCUT2D eigenvalue weighted by Crippen LogP contribution is -2.33. The number of hydrogen-bond acceptors (Lipinski definition) is 3. The molecule has 0 aliphatic heterocycles. The Labute approximate surface area is 124 Å². The van der Waals surface area contributed by atoms with Crippen LogP contribution in [0.5, 0.6) is 5.75 Å². The van der Waals surface area contributed by atoms with Gasteiger partial charge in [-0.15, -0.1) is 0 Å². The molecule has 0 unspecified atom stereocenters. The molecule has 21 heavy (non-hydrogen) atoms. The van der Waals surface area contributed by atoms with Crippen molar-refractivity contribution in [3.63, 3.8) is 0 Å². The highest BCUT2D eigenvalue weighted by atomic mass is 16.3. The second-order valence-corrected chi connectivity index (χ2v) is 4.99. The quantitative estimate of drug-likeness (QED) is 0.761. The number of para-hydroxylation sites is 1. The number of carbonyl (C=O) groups is 1. The minimum Gasteiger partial charge on any atom is -0.508 e. The summed E-state index contributed by atoms with van der Waals surface area (Å²) < 4.78 is 0. The molecule has 0 bridgehead atoms. The Morgan fingerprint density at radius 3 is 2.48 bits per heavy atom. The highest BCUT2D eigenvalue weighted by Crippen LogP contribution is 2.14. The molecule has 4 heteroatoms. The second kappa shape index (κ2) is 7.45. The zero-order valence-electron chi connectivity index (χ0n) is 12.1. The van der Waals surface area contributed by atoms with Gasteiger partial charge >= 0.3 is 0 Å². The van der Waals surface area contributed by atoms with Crippen molar-refractivity contribution in [2.24, 2.45) is 0 Å². The molecule has 2 rings (SSSR count). The predicted molar refractivity (Wildman–Crippen MR) is 82.8 cm³/mol. The SMILES string of the molecule is Cc1ccc(CNC(=O)CNCc2ccccc2O)cc1. The maximum absolute atomic E-state index is 11.7. The normalized spacial score (nSPS) is 10.3. The summed E-state index contributed by atoms with van der Waals surface area (Å²) in [5, 5.41) is 15.5. The van der Waals surface area contributed by atoms with Crippen LogP contribution in [0.2, 0.25) is 0 Å². The van der Waals surface area contributed by atoms with Crippen LogP contribution in [0, 0.1) is 6.92 Å². The molecule has 110 valence electrons. The van der Waals surface area contributed by atoms with Gasteiger partial charge in [0.15, 0.2) is 0 Å². The van der Waals surface area contributed by atoms with E-state index in [0.717, 1.165) is 11.1 Å². The van der Waals surface area contributed by atoms with Crippen molar-refractivity contribution < 1.29 is 9.90 Å². The van der Waals surface area contributed by atoms with Gasteiger partial charge in [0.2, 0.25) is 5.91 Å². The van der Waals surface area contributed by atoms with E-state index in [1.165, 1.54) is 5.56 Å². The molecular formula is C17H20N2O2. The summed E-state index contributed by atoms with van der Waals surface area (Å²) in [7, 11) is 0. The first-order valence-electron chi connectivity index (χ1n) is 6.95. The minimum atomic E-state index is -0.0639. The van der Waals surface area contributed by atoms with Gasteiger partial charge in [0, 0.05) is 18.7 Å². The maximum atomic E-state index is 11.7. The van der Waals surface area contributed by atoms with E-state index >= 15 is 0 Å². The summed E-state index contributed by atoms with van der Waals surface area (Å²) in [6, 6.07) is 15.1. The van der Waals surface area contributed by atoms with Crippen molar-refractivity contribution in [1.82, 2.24) is 10.6 Å². The Morgan fingerprint density at radius 1 is 1.05 bits per heavy atom. The number of nitrogens with one attached hydrogen (secondary N) is 2. The Balaban J connectivity index is 1.70. The number of aromatic hydroxyl groups is 1. The van der Waals surface area contributed by atoms with Crippen molar-refractivity contribution >= 4 is 5.91 Å². The zero-order valence-corrected chi connectivity index (χ0v) is 12.1. The summed E-state index contributed by atoms with van der Waals surface area (Å²) in [5.41, 5.74) is 3.06. The lowest BCUT2D eigenvalue weighted by atomic mass is 10.1. The van der Waals surface area contributed by atoms with Crippen LogP contribution in [0.15, 0.2) is 48.5 Å². The van der Waals surface area contributed by atoms with E-state index in [1.807, 2.05) is 43.3 Å². The van der Waals surface area contributed by atoms with Crippen molar-refractivity contribution in [3.05, 3.63) is 65.2 Å². The second-order valence-electron chi connectivity index (χ2n) is 4.99. The third kappa shape index (κ3) is 4.93. The van der Waals surface area contributed by atoms with Crippen LogP contribution < -0.4 is 10.6 Å². The maximum Gasteiger partial charge on any atom is 0.234 e. The van der Waals surface area contributed by atoms with Gasteiger partial charge in [-0.25, -0.2) is 0 Å². The van der Waals surface area contributed by atoms with Gasteiger partial charge in [-0.1, -0.05) is 48.0 Å². The van der Waals surface area contributed by atoms with Gasteiger partial charge in [-0.05, 0) is 18.6 Å². The van der Waals surface area contributed by atoms with Crippen molar-refractivity contribution in [2.45, 2.75) is 20.0 Å². The molecule has 0 heterocycles. The Bertz CT molecular complexity index is 594. The first-order chi connectivity index (χ1) is 10.1. The van der Waals surface area contributed by atoms with Gasteiger partial charge in [-0.3, -0.25) is 4.79 Å². The standard InChI is InChI=1S/C17H20N2O2/c1-13-6-8-14(9-7-13)10-19-17(21)12-18-11-15-4-2-3-5-16(15)20/h2-9,18,20H,10-12H2,1H3,(H,19,21). The first-order valence-corrected chi connectivity index (χ1v) is 6.95. The molecule has 0 aromatic heterocycles. The fraction of sp³-hybridized carbons (Fsp3) is 0.235. The summed E-state index contributed by atoms with van der Waals surface area (Å²) in [5.74, 6) is 0.177. The van der Waals surface area contributed by atoms with Crippen LogP contribution in [-0.4, -0.2) is 17.6 Å². The molecule has 0 saturated heterocycles. The molecule has 3 N–H and O–H groups in total. The van der Waals surface area contributed by atoms with Gasteiger partial charge < -0.3 is 15.7 Å². The Kier molecular flexibility index (Phi) is 5.35. The van der Waals surface area contributed by atoms with E-state index in [1.54, 1.807) is 12.1 Å². The highest BCUT2D eigenvalue weighted by molar-refractivity contribution is 5.77. The largest absolute Gasteiger partial charge is 0.508 e. The average Bonchev–Trinajstić information content (AvgIpc) is 2.49. The molecular weight excluding hydrogens is 264 g/mol. The van der Waals surface area contributed by atoms with Crippen LogP contribution in [0.25, 0.3) is 0 Å². The fourth-order valence-corrected chi connectivity index (χ4v) is 1.94. The molecule has 0 aliphatic rings.